The summed E-state index contributed by atoms with van der Waals surface area (Å²) in [6, 6.07) is -0.368. The normalized spacial score (nSPS) is 35.7. The Morgan fingerprint density at radius 2 is 2.08 bits per heavy atom. The molecule has 2 atom stereocenters. The summed E-state index contributed by atoms with van der Waals surface area (Å²) in [5, 5.41) is 11.6. The third kappa shape index (κ3) is 0.934. The maximum Gasteiger partial charge on any atom is 0.221 e. The summed E-state index contributed by atoms with van der Waals surface area (Å²) in [4.78, 5) is 11.5. The van der Waals surface area contributed by atoms with E-state index < -0.39 is 0 Å². The van der Waals surface area contributed by atoms with Crippen molar-refractivity contribution in [3.8, 4) is 0 Å². The van der Waals surface area contributed by atoms with E-state index in [9.17, 15) is 10.0 Å². The molecule has 66 valence electrons. The molecule has 0 aromatic carbocycles. The second-order valence-corrected chi connectivity index (χ2v) is 3.61. The first-order chi connectivity index (χ1) is 5.72. The minimum Gasteiger partial charge on any atom is -0.629 e. The fourth-order valence-electron chi connectivity index (χ4n) is 2.09. The van der Waals surface area contributed by atoms with Crippen molar-refractivity contribution < 1.29 is 9.86 Å². The van der Waals surface area contributed by atoms with Gasteiger partial charge in [0.25, 0.3) is 0 Å². The molecule has 0 aromatic heterocycles. The van der Waals surface area contributed by atoms with Crippen LogP contribution in [0.5, 0.6) is 0 Å². The molecule has 0 bridgehead atoms. The molecule has 0 aromatic rings. The zero-order chi connectivity index (χ0) is 8.72. The summed E-state index contributed by atoms with van der Waals surface area (Å²) in [7, 11) is 0. The van der Waals surface area contributed by atoms with E-state index in [1.54, 1.807) is 6.92 Å². The molecule has 2 rings (SSSR count). The van der Waals surface area contributed by atoms with Crippen LogP contribution in [0.4, 0.5) is 0 Å². The Balaban J connectivity index is 2.35. The van der Waals surface area contributed by atoms with Crippen LogP contribution in [0.15, 0.2) is 11.3 Å². The molecule has 1 heterocycles. The number of ketones is 1. The van der Waals surface area contributed by atoms with Crippen molar-refractivity contribution in [2.75, 3.05) is 0 Å². The van der Waals surface area contributed by atoms with Crippen LogP contribution in [-0.2, 0) is 4.79 Å². The van der Waals surface area contributed by atoms with E-state index in [0.717, 1.165) is 37.0 Å². The van der Waals surface area contributed by atoms with Crippen molar-refractivity contribution in [3.63, 3.8) is 0 Å². The quantitative estimate of drug-likeness (QED) is 0.523. The zero-order valence-electron chi connectivity index (χ0n) is 7.22. The predicted molar refractivity (Wildman–Crippen MR) is 44.3 cm³/mol. The maximum absolute atomic E-state index is 11.5. The highest BCUT2D eigenvalue weighted by Gasteiger charge is 2.38. The molecule has 1 aliphatic heterocycles. The van der Waals surface area contributed by atoms with Crippen LogP contribution in [-0.4, -0.2) is 11.8 Å². The second-order valence-electron chi connectivity index (χ2n) is 3.61. The highest BCUT2D eigenvalue weighted by atomic mass is 16.5. The molecular weight excluding hydrogens is 154 g/mol. The van der Waals surface area contributed by atoms with Crippen molar-refractivity contribution in [3.05, 3.63) is 16.5 Å². The SMILES string of the molecule is CC1C(=O)C2=C(CCCC2)[NH+]1[O-]. The van der Waals surface area contributed by atoms with Gasteiger partial charge in [0.2, 0.25) is 5.78 Å². The van der Waals surface area contributed by atoms with Gasteiger partial charge < -0.3 is 10.3 Å². The summed E-state index contributed by atoms with van der Waals surface area (Å²) in [5.74, 6) is 0.0923. The molecule has 0 spiro atoms. The van der Waals surface area contributed by atoms with Gasteiger partial charge in [-0.25, -0.2) is 0 Å². The summed E-state index contributed by atoms with van der Waals surface area (Å²) < 4.78 is 0. The molecule has 0 amide bonds. The Labute approximate surface area is 71.6 Å². The van der Waals surface area contributed by atoms with Gasteiger partial charge in [-0.05, 0) is 26.2 Å². The average molecular weight is 167 g/mol. The van der Waals surface area contributed by atoms with Crippen molar-refractivity contribution in [2.45, 2.75) is 38.6 Å². The number of allylic oxidation sites excluding steroid dienone is 1. The van der Waals surface area contributed by atoms with Crippen LogP contribution in [0.2, 0.25) is 0 Å². The molecule has 0 saturated carbocycles. The molecule has 0 saturated heterocycles. The maximum atomic E-state index is 11.5. The van der Waals surface area contributed by atoms with Gasteiger partial charge in [0.05, 0.1) is 5.57 Å². The fraction of sp³-hybridized carbons (Fsp3) is 0.667. The molecular formula is C9H13NO2. The first-order valence-electron chi connectivity index (χ1n) is 4.52. The second kappa shape index (κ2) is 2.68. The third-order valence-corrected chi connectivity index (χ3v) is 2.85. The summed E-state index contributed by atoms with van der Waals surface area (Å²) >= 11 is 0. The monoisotopic (exact) mass is 167 g/mol. The van der Waals surface area contributed by atoms with Gasteiger partial charge in [-0.15, -0.1) is 0 Å². The minimum absolute atomic E-state index is 0.0923. The molecule has 2 unspecified atom stereocenters. The van der Waals surface area contributed by atoms with E-state index in [0.29, 0.717) is 0 Å². The number of carbonyl (C=O) groups is 1. The Hall–Kier alpha value is -0.670. The smallest absolute Gasteiger partial charge is 0.221 e. The summed E-state index contributed by atoms with van der Waals surface area (Å²) in [6.45, 7) is 1.73. The van der Waals surface area contributed by atoms with Crippen LogP contribution < -0.4 is 5.06 Å². The Morgan fingerprint density at radius 3 is 2.75 bits per heavy atom. The van der Waals surface area contributed by atoms with E-state index in [1.165, 1.54) is 0 Å². The molecule has 0 fully saturated rings. The first kappa shape index (κ1) is 7.95. The van der Waals surface area contributed by atoms with Crippen LogP contribution in [0, 0.1) is 5.21 Å². The Kier molecular flexibility index (Phi) is 1.77. The Morgan fingerprint density at radius 1 is 1.42 bits per heavy atom. The van der Waals surface area contributed by atoms with E-state index in [1.807, 2.05) is 0 Å². The number of hydroxylamine groups is 2. The van der Waals surface area contributed by atoms with Crippen LogP contribution in [0.1, 0.15) is 32.6 Å². The first-order valence-corrected chi connectivity index (χ1v) is 4.52. The number of rotatable bonds is 0. The molecule has 1 aliphatic carbocycles. The highest BCUT2D eigenvalue weighted by molar-refractivity contribution is 6.00. The molecule has 12 heavy (non-hydrogen) atoms. The molecule has 3 heteroatoms. The molecule has 3 nitrogen and oxygen atoms in total. The van der Waals surface area contributed by atoms with Gasteiger partial charge in [0.1, 0.15) is 5.70 Å². The van der Waals surface area contributed by atoms with Crippen LogP contribution in [0.25, 0.3) is 0 Å². The van der Waals surface area contributed by atoms with Gasteiger partial charge in [0, 0.05) is 6.42 Å². The van der Waals surface area contributed by atoms with Gasteiger partial charge >= 0.3 is 0 Å². The van der Waals surface area contributed by atoms with Crippen LogP contribution in [0.3, 0.4) is 0 Å². The Bertz CT molecular complexity index is 257. The topological polar surface area (TPSA) is 44.6 Å². The molecule has 1 N–H and O–H groups in total. The van der Waals surface area contributed by atoms with Gasteiger partial charge in [-0.2, -0.15) is 0 Å². The largest absolute Gasteiger partial charge is 0.629 e. The lowest BCUT2D eigenvalue weighted by Gasteiger charge is -2.24. The average Bonchev–Trinajstić information content (AvgIpc) is 2.33. The number of nitrogens with one attached hydrogen (secondary N) is 1. The van der Waals surface area contributed by atoms with E-state index in [2.05, 4.69) is 0 Å². The lowest BCUT2D eigenvalue weighted by molar-refractivity contribution is -0.819. The van der Waals surface area contributed by atoms with Gasteiger partial charge in [-0.1, -0.05) is 0 Å². The number of hydrogen-bond donors (Lipinski definition) is 1. The predicted octanol–water partition coefficient (Wildman–Crippen LogP) is 0.168. The number of carbonyl (C=O) groups excluding carboxylic acids is 1. The summed E-state index contributed by atoms with van der Waals surface area (Å²) in [6.07, 6.45) is 3.82. The van der Waals surface area contributed by atoms with Gasteiger partial charge in [0.15, 0.2) is 6.04 Å². The van der Waals surface area contributed by atoms with Crippen molar-refractivity contribution in [1.29, 1.82) is 0 Å². The zero-order valence-corrected chi connectivity index (χ0v) is 7.22. The van der Waals surface area contributed by atoms with Crippen LogP contribution >= 0.6 is 0 Å². The lowest BCUT2D eigenvalue weighted by atomic mass is 9.95. The molecule has 0 radical (unpaired) electrons. The van der Waals surface area contributed by atoms with E-state index in [4.69, 9.17) is 0 Å². The fourth-order valence-corrected chi connectivity index (χ4v) is 2.09. The molecule has 2 aliphatic rings. The van der Waals surface area contributed by atoms with E-state index >= 15 is 0 Å². The van der Waals surface area contributed by atoms with Crippen molar-refractivity contribution >= 4 is 5.78 Å². The van der Waals surface area contributed by atoms with Crippen molar-refractivity contribution in [1.82, 2.24) is 0 Å². The minimum atomic E-state index is -0.368. The van der Waals surface area contributed by atoms with E-state index in [-0.39, 0.29) is 16.9 Å². The van der Waals surface area contributed by atoms with Gasteiger partial charge in [-0.3, -0.25) is 4.79 Å². The number of Topliss-reactive ketones (excluding diaryl/α,β-unsaturated/α-hetero) is 1. The lowest BCUT2D eigenvalue weighted by Crippen LogP contribution is -3.08. The number of quaternary nitrogens is 1. The van der Waals surface area contributed by atoms with Crippen molar-refractivity contribution in [2.24, 2.45) is 0 Å². The third-order valence-electron chi connectivity index (χ3n) is 2.85. The standard InChI is InChI=1S/C9H13NO2/c1-6-9(11)7-4-2-3-5-8(7)10(6)12/h6,10H,2-5H2,1H3. The number of hydrogen-bond acceptors (Lipinski definition) is 2. The highest BCUT2D eigenvalue weighted by Crippen LogP contribution is 2.25. The summed E-state index contributed by atoms with van der Waals surface area (Å²) in [5.41, 5.74) is 1.69.